The molecule has 0 unspecified atom stereocenters. The van der Waals surface area contributed by atoms with Gasteiger partial charge in [-0.1, -0.05) is 76.2 Å². The van der Waals surface area contributed by atoms with Gasteiger partial charge in [0.2, 0.25) is 5.65 Å². The fourth-order valence-electron chi connectivity index (χ4n) is 4.94. The second-order valence-electron chi connectivity index (χ2n) is 9.39. The van der Waals surface area contributed by atoms with Gasteiger partial charge in [-0.05, 0) is 41.2 Å². The number of hydrogen-bond acceptors (Lipinski definition) is 4. The van der Waals surface area contributed by atoms with Gasteiger partial charge in [0.25, 0.3) is 0 Å². The summed E-state index contributed by atoms with van der Waals surface area (Å²) >= 11 is 0. The fraction of sp³-hybridized carbons (Fsp3) is 0.207. The Labute approximate surface area is 198 Å². The second-order valence-corrected chi connectivity index (χ2v) is 9.39. The van der Waals surface area contributed by atoms with E-state index in [-0.39, 0.29) is 0 Å². The molecule has 5 nitrogen and oxygen atoms in total. The molecule has 0 saturated carbocycles. The zero-order valence-electron chi connectivity index (χ0n) is 19.8. The highest BCUT2D eigenvalue weighted by atomic mass is 16.3. The van der Waals surface area contributed by atoms with Crippen LogP contribution in [0.5, 0.6) is 0 Å². The number of hydrogen-bond donors (Lipinski definition) is 0. The minimum absolute atomic E-state index is 0.343. The van der Waals surface area contributed by atoms with Crippen molar-refractivity contribution in [1.29, 1.82) is 0 Å². The molecule has 3 heterocycles. The van der Waals surface area contributed by atoms with Crippen molar-refractivity contribution in [1.82, 2.24) is 19.7 Å². The van der Waals surface area contributed by atoms with Crippen molar-refractivity contribution in [2.45, 2.75) is 39.5 Å². The van der Waals surface area contributed by atoms with E-state index in [4.69, 9.17) is 9.40 Å². The Morgan fingerprint density at radius 1 is 0.765 bits per heavy atom. The van der Waals surface area contributed by atoms with Crippen molar-refractivity contribution >= 4 is 33.1 Å². The molecule has 0 bridgehead atoms. The number of benzene rings is 3. The number of aromatic nitrogens is 4. The highest BCUT2D eigenvalue weighted by Gasteiger charge is 2.24. The predicted octanol–water partition coefficient (Wildman–Crippen LogP) is 7.63. The first kappa shape index (κ1) is 20.6. The third kappa shape index (κ3) is 3.04. The maximum absolute atomic E-state index is 6.39. The lowest BCUT2D eigenvalue weighted by molar-refractivity contribution is 0.669. The molecular weight excluding hydrogens is 420 g/mol. The van der Waals surface area contributed by atoms with Crippen LogP contribution >= 0.6 is 0 Å². The van der Waals surface area contributed by atoms with E-state index < -0.39 is 0 Å². The molecule has 168 valence electrons. The summed E-state index contributed by atoms with van der Waals surface area (Å²) in [6, 6.07) is 23.0. The van der Waals surface area contributed by atoms with E-state index in [2.05, 4.69) is 84.9 Å². The van der Waals surface area contributed by atoms with Crippen molar-refractivity contribution in [2.75, 3.05) is 0 Å². The van der Waals surface area contributed by atoms with Crippen molar-refractivity contribution in [3.63, 3.8) is 0 Å². The number of para-hydroxylation sites is 3. The van der Waals surface area contributed by atoms with Crippen LogP contribution in [0.2, 0.25) is 0 Å². The molecule has 0 aliphatic carbocycles. The third-order valence-electron chi connectivity index (χ3n) is 6.56. The molecule has 0 aliphatic heterocycles. The van der Waals surface area contributed by atoms with Gasteiger partial charge in [0.05, 0.1) is 23.0 Å². The fourth-order valence-corrected chi connectivity index (χ4v) is 4.94. The summed E-state index contributed by atoms with van der Waals surface area (Å²) in [5.74, 6) is 1.50. The van der Waals surface area contributed by atoms with Gasteiger partial charge in [-0.2, -0.15) is 5.10 Å². The Morgan fingerprint density at radius 2 is 1.47 bits per heavy atom. The minimum atomic E-state index is 0.343. The molecule has 5 heteroatoms. The molecule has 0 atom stereocenters. The minimum Gasteiger partial charge on any atom is -0.455 e. The Kier molecular flexibility index (Phi) is 4.73. The maximum atomic E-state index is 6.39. The molecular formula is C29H26N4O. The van der Waals surface area contributed by atoms with Gasteiger partial charge in [0, 0.05) is 10.8 Å². The average Bonchev–Trinajstić information content (AvgIpc) is 3.42. The lowest BCUT2D eigenvalue weighted by Gasteiger charge is -2.22. The molecule has 0 N–H and O–H groups in total. The van der Waals surface area contributed by atoms with E-state index in [1.165, 1.54) is 16.8 Å². The van der Waals surface area contributed by atoms with E-state index in [0.29, 0.717) is 17.5 Å². The van der Waals surface area contributed by atoms with Crippen LogP contribution in [0.3, 0.4) is 0 Å². The van der Waals surface area contributed by atoms with E-state index in [0.717, 1.165) is 38.8 Å². The largest absolute Gasteiger partial charge is 0.455 e. The molecule has 0 amide bonds. The molecule has 3 aromatic carbocycles. The summed E-state index contributed by atoms with van der Waals surface area (Å²) in [5, 5.41) is 10.7. The van der Waals surface area contributed by atoms with Gasteiger partial charge in [0.15, 0.2) is 5.82 Å². The molecule has 6 aromatic rings. The zero-order chi connectivity index (χ0) is 23.4. The lowest BCUT2D eigenvalue weighted by Crippen LogP contribution is -2.08. The zero-order valence-corrected chi connectivity index (χ0v) is 19.8. The molecule has 6 rings (SSSR count). The number of nitrogens with zero attached hydrogens (tertiary/aromatic N) is 4. The topological polar surface area (TPSA) is 56.7 Å². The van der Waals surface area contributed by atoms with Crippen molar-refractivity contribution < 1.29 is 4.42 Å². The monoisotopic (exact) mass is 446 g/mol. The standard InChI is InChI=1S/C29H26N4O/c1-17(2)19-10-7-11-20(18(3)4)26(19)33-24-15-16-30-32-28(24)31-29(33)23-13-8-12-22-21-9-5-6-14-25(21)34-27(22)23/h5-18H,1-4H3. The Balaban J connectivity index is 1.77. The van der Waals surface area contributed by atoms with Crippen LogP contribution in [0.1, 0.15) is 50.7 Å². The number of fused-ring (bicyclic) bond motifs is 4. The summed E-state index contributed by atoms with van der Waals surface area (Å²) in [7, 11) is 0. The van der Waals surface area contributed by atoms with Gasteiger partial charge < -0.3 is 4.42 Å². The Morgan fingerprint density at radius 3 is 2.24 bits per heavy atom. The van der Waals surface area contributed by atoms with Crippen LogP contribution in [0.25, 0.3) is 50.2 Å². The summed E-state index contributed by atoms with van der Waals surface area (Å²) < 4.78 is 8.65. The van der Waals surface area contributed by atoms with Gasteiger partial charge in [0.1, 0.15) is 11.2 Å². The summed E-state index contributed by atoms with van der Waals surface area (Å²) in [6.07, 6.45) is 1.74. The van der Waals surface area contributed by atoms with Gasteiger partial charge in [-0.3, -0.25) is 4.57 Å². The van der Waals surface area contributed by atoms with E-state index >= 15 is 0 Å². The van der Waals surface area contributed by atoms with Gasteiger partial charge in [-0.15, -0.1) is 5.10 Å². The smallest absolute Gasteiger partial charge is 0.200 e. The van der Waals surface area contributed by atoms with Crippen LogP contribution < -0.4 is 0 Å². The van der Waals surface area contributed by atoms with Crippen LogP contribution in [-0.4, -0.2) is 19.7 Å². The quantitative estimate of drug-likeness (QED) is 0.279. The second kappa shape index (κ2) is 7.80. The number of furan rings is 1. The van der Waals surface area contributed by atoms with Crippen LogP contribution in [0.15, 0.2) is 77.3 Å². The van der Waals surface area contributed by atoms with Crippen LogP contribution in [0.4, 0.5) is 0 Å². The molecule has 0 saturated heterocycles. The summed E-state index contributed by atoms with van der Waals surface area (Å²) in [6.45, 7) is 8.95. The van der Waals surface area contributed by atoms with Gasteiger partial charge >= 0.3 is 0 Å². The first-order valence-corrected chi connectivity index (χ1v) is 11.8. The number of rotatable bonds is 4. The first-order valence-electron chi connectivity index (χ1n) is 11.8. The van der Waals surface area contributed by atoms with Crippen LogP contribution in [-0.2, 0) is 0 Å². The molecule has 0 aliphatic rings. The Hall–Kier alpha value is -3.99. The molecule has 0 radical (unpaired) electrons. The van der Waals surface area contributed by atoms with E-state index in [9.17, 15) is 0 Å². The van der Waals surface area contributed by atoms with Crippen molar-refractivity contribution in [2.24, 2.45) is 0 Å². The molecule has 3 aromatic heterocycles. The molecule has 0 fully saturated rings. The Bertz CT molecular complexity index is 1650. The van der Waals surface area contributed by atoms with Crippen molar-refractivity contribution in [3.05, 3.63) is 84.1 Å². The normalized spacial score (nSPS) is 12.1. The van der Waals surface area contributed by atoms with E-state index in [1.807, 2.05) is 24.3 Å². The number of imidazole rings is 1. The van der Waals surface area contributed by atoms with Gasteiger partial charge in [-0.25, -0.2) is 4.98 Å². The maximum Gasteiger partial charge on any atom is 0.200 e. The predicted molar refractivity (Wildman–Crippen MR) is 138 cm³/mol. The highest BCUT2D eigenvalue weighted by Crippen LogP contribution is 2.40. The van der Waals surface area contributed by atoms with E-state index in [1.54, 1.807) is 6.20 Å². The third-order valence-corrected chi connectivity index (χ3v) is 6.56. The summed E-state index contributed by atoms with van der Waals surface area (Å²) in [4.78, 5) is 5.01. The van der Waals surface area contributed by atoms with Crippen molar-refractivity contribution in [3.8, 4) is 17.1 Å². The highest BCUT2D eigenvalue weighted by molar-refractivity contribution is 6.09. The SMILES string of the molecule is CC(C)c1cccc(C(C)C)c1-n1c(-c2cccc3c2oc2ccccc23)nc2nnccc21. The average molecular weight is 447 g/mol. The van der Waals surface area contributed by atoms with Crippen LogP contribution in [0, 0.1) is 0 Å². The summed E-state index contributed by atoms with van der Waals surface area (Å²) in [5.41, 5.74) is 7.94. The molecule has 34 heavy (non-hydrogen) atoms. The lowest BCUT2D eigenvalue weighted by atomic mass is 9.92. The first-order chi connectivity index (χ1) is 16.5. The molecule has 0 spiro atoms.